The van der Waals surface area contributed by atoms with E-state index in [1.54, 1.807) is 0 Å². The van der Waals surface area contributed by atoms with E-state index in [0.29, 0.717) is 36.5 Å². The van der Waals surface area contributed by atoms with Gasteiger partial charge in [0.1, 0.15) is 22.9 Å². The lowest BCUT2D eigenvalue weighted by Gasteiger charge is -2.42. The van der Waals surface area contributed by atoms with Gasteiger partial charge < -0.3 is 20.1 Å². The molecule has 1 saturated heterocycles. The number of hydrogen-bond acceptors (Lipinski definition) is 7. The van der Waals surface area contributed by atoms with Crippen molar-refractivity contribution in [2.24, 2.45) is 0 Å². The quantitative estimate of drug-likeness (QED) is 0.280. The van der Waals surface area contributed by atoms with E-state index in [2.05, 4.69) is 33.3 Å². The second-order valence-electron chi connectivity index (χ2n) is 12.4. The van der Waals surface area contributed by atoms with E-state index in [0.717, 1.165) is 72.5 Å². The topological polar surface area (TPSA) is 110 Å². The predicted octanol–water partition coefficient (Wildman–Crippen LogP) is 6.58. The molecule has 2 fully saturated rings. The third-order valence-corrected chi connectivity index (χ3v) is 8.31. The average molecular weight is 569 g/mol. The maximum Gasteiger partial charge on any atom is 0.410 e. The van der Waals surface area contributed by atoms with Crippen molar-refractivity contribution in [3.8, 4) is 22.6 Å². The van der Waals surface area contributed by atoms with Crippen LogP contribution in [0.3, 0.4) is 0 Å². The number of rotatable bonds is 5. The normalized spacial score (nSPS) is 20.0. The number of carbonyl (C=O) groups is 1. The van der Waals surface area contributed by atoms with Crippen molar-refractivity contribution >= 4 is 22.9 Å². The summed E-state index contributed by atoms with van der Waals surface area (Å²) >= 11 is 0. The molecule has 2 aromatic carbocycles. The molecule has 0 atom stereocenters. The van der Waals surface area contributed by atoms with Gasteiger partial charge in [-0.05, 0) is 87.9 Å². The highest BCUT2D eigenvalue weighted by Crippen LogP contribution is 2.39. The van der Waals surface area contributed by atoms with Gasteiger partial charge >= 0.3 is 6.09 Å². The number of anilines is 1. The summed E-state index contributed by atoms with van der Waals surface area (Å²) in [6, 6.07) is 20.6. The molecule has 42 heavy (non-hydrogen) atoms. The van der Waals surface area contributed by atoms with Crippen LogP contribution in [-0.4, -0.2) is 68.9 Å². The minimum Gasteiger partial charge on any atom is -0.457 e. The number of nitrogens with two attached hydrogens (primary N) is 1. The molecule has 2 aliphatic rings. The van der Waals surface area contributed by atoms with Gasteiger partial charge in [-0.1, -0.05) is 30.3 Å². The molecule has 6 rings (SSSR count). The number of pyridine rings is 1. The molecule has 3 heterocycles. The Morgan fingerprint density at radius 3 is 2.26 bits per heavy atom. The lowest BCUT2D eigenvalue weighted by atomic mass is 9.82. The zero-order valence-electron chi connectivity index (χ0n) is 24.7. The number of nitrogens with zero attached hydrogens (tertiary/aromatic N) is 4. The molecular formula is C33H40N6O3. The van der Waals surface area contributed by atoms with E-state index in [9.17, 15) is 4.79 Å². The number of nitrogen functional groups attached to an aromatic ring is 1. The highest BCUT2D eigenvalue weighted by Gasteiger charge is 2.32. The number of ether oxygens (including phenoxy) is 2. The lowest BCUT2D eigenvalue weighted by Crippen LogP contribution is -2.53. The molecule has 2 aromatic heterocycles. The standard InChI is InChI=1S/C33H40N6O3/c1-33(2,3)42-32(40)39-19-17-38(18-20-39)24-13-9-23(10-14-24)28-21-27(29-30(34)36-37-31(29)35-28)22-11-15-26(16-12-22)41-25-7-5-4-6-8-25/h4-8,11-12,15-16,21,23-24H,9-10,13-14,17-20H2,1-3H3,(H3,34,35,36,37). The van der Waals surface area contributed by atoms with E-state index in [1.165, 1.54) is 0 Å². The van der Waals surface area contributed by atoms with Crippen LogP contribution in [0.2, 0.25) is 0 Å². The summed E-state index contributed by atoms with van der Waals surface area (Å²) in [5.41, 5.74) is 9.66. The van der Waals surface area contributed by atoms with E-state index in [1.807, 2.05) is 68.1 Å². The SMILES string of the molecule is CC(C)(C)OC(=O)N1CCN(C2CCC(c3cc(-c4ccc(Oc5ccccc5)cc4)c4c(N)[nH]nc4n3)CC2)CC1. The second kappa shape index (κ2) is 11.6. The summed E-state index contributed by atoms with van der Waals surface area (Å²) in [5.74, 6) is 2.48. The first-order valence-corrected chi connectivity index (χ1v) is 14.9. The van der Waals surface area contributed by atoms with Gasteiger partial charge in [0, 0.05) is 43.8 Å². The number of benzene rings is 2. The van der Waals surface area contributed by atoms with Crippen LogP contribution in [0.25, 0.3) is 22.2 Å². The van der Waals surface area contributed by atoms with Crippen molar-refractivity contribution in [2.75, 3.05) is 31.9 Å². The molecule has 3 N–H and O–H groups in total. The fraction of sp³-hybridized carbons (Fsp3) is 0.424. The molecule has 0 radical (unpaired) electrons. The first-order chi connectivity index (χ1) is 20.2. The highest BCUT2D eigenvalue weighted by atomic mass is 16.6. The average Bonchev–Trinajstić information content (AvgIpc) is 3.37. The Hall–Kier alpha value is -4.11. The number of piperazine rings is 1. The Bertz CT molecular complexity index is 1510. The smallest absolute Gasteiger partial charge is 0.410 e. The molecule has 1 aliphatic carbocycles. The molecule has 0 unspecified atom stereocenters. The maximum absolute atomic E-state index is 12.5. The number of carbonyl (C=O) groups excluding carboxylic acids is 1. The van der Waals surface area contributed by atoms with Gasteiger partial charge in [-0.2, -0.15) is 5.10 Å². The molecule has 9 nitrogen and oxygen atoms in total. The molecule has 220 valence electrons. The Kier molecular flexibility index (Phi) is 7.77. The molecule has 1 amide bonds. The van der Waals surface area contributed by atoms with Gasteiger partial charge in [0.2, 0.25) is 0 Å². The van der Waals surface area contributed by atoms with Crippen molar-refractivity contribution in [1.82, 2.24) is 25.0 Å². The molecule has 0 bridgehead atoms. The summed E-state index contributed by atoms with van der Waals surface area (Å²) in [6.45, 7) is 8.94. The van der Waals surface area contributed by atoms with Crippen molar-refractivity contribution in [2.45, 2.75) is 64.0 Å². The lowest BCUT2D eigenvalue weighted by molar-refractivity contribution is 0.00785. The monoisotopic (exact) mass is 568 g/mol. The van der Waals surface area contributed by atoms with Crippen molar-refractivity contribution in [3.63, 3.8) is 0 Å². The van der Waals surface area contributed by atoms with Gasteiger partial charge in [-0.3, -0.25) is 10.00 Å². The third-order valence-electron chi connectivity index (χ3n) is 8.31. The molecule has 4 aromatic rings. The van der Waals surface area contributed by atoms with Gasteiger partial charge in [-0.25, -0.2) is 9.78 Å². The predicted molar refractivity (Wildman–Crippen MR) is 165 cm³/mol. The van der Waals surface area contributed by atoms with E-state index in [-0.39, 0.29) is 6.09 Å². The van der Waals surface area contributed by atoms with Crippen LogP contribution in [0.4, 0.5) is 10.6 Å². The minimum atomic E-state index is -0.467. The van der Waals surface area contributed by atoms with Gasteiger partial charge in [-0.15, -0.1) is 0 Å². The van der Waals surface area contributed by atoms with Gasteiger partial charge in [0.05, 0.1) is 5.39 Å². The highest BCUT2D eigenvalue weighted by molar-refractivity contribution is 6.00. The number of aromatic amines is 1. The molecular weight excluding hydrogens is 528 g/mol. The van der Waals surface area contributed by atoms with Crippen LogP contribution in [-0.2, 0) is 4.74 Å². The van der Waals surface area contributed by atoms with Crippen molar-refractivity contribution in [1.29, 1.82) is 0 Å². The zero-order chi connectivity index (χ0) is 29.3. The number of hydrogen-bond donors (Lipinski definition) is 2. The second-order valence-corrected chi connectivity index (χ2v) is 12.4. The van der Waals surface area contributed by atoms with Crippen molar-refractivity contribution < 1.29 is 14.3 Å². The van der Waals surface area contributed by atoms with Crippen LogP contribution in [0.5, 0.6) is 11.5 Å². The number of fused-ring (bicyclic) bond motifs is 1. The largest absolute Gasteiger partial charge is 0.457 e. The van der Waals surface area contributed by atoms with Crippen LogP contribution < -0.4 is 10.5 Å². The Morgan fingerprint density at radius 2 is 1.60 bits per heavy atom. The first-order valence-electron chi connectivity index (χ1n) is 14.9. The fourth-order valence-electron chi connectivity index (χ4n) is 6.16. The molecule has 0 spiro atoms. The number of amides is 1. The van der Waals surface area contributed by atoms with E-state index < -0.39 is 5.60 Å². The van der Waals surface area contributed by atoms with Gasteiger partial charge in [0.15, 0.2) is 5.65 Å². The first kappa shape index (κ1) is 28.0. The van der Waals surface area contributed by atoms with Crippen LogP contribution in [0.1, 0.15) is 58.1 Å². The Morgan fingerprint density at radius 1 is 0.929 bits per heavy atom. The molecule has 9 heteroatoms. The number of H-pyrrole nitrogens is 1. The number of aromatic nitrogens is 3. The summed E-state index contributed by atoms with van der Waals surface area (Å²) < 4.78 is 11.6. The Balaban J connectivity index is 1.12. The third kappa shape index (κ3) is 6.21. The van der Waals surface area contributed by atoms with E-state index in [4.69, 9.17) is 20.2 Å². The van der Waals surface area contributed by atoms with E-state index >= 15 is 0 Å². The summed E-state index contributed by atoms with van der Waals surface area (Å²) in [6.07, 6.45) is 4.15. The van der Waals surface area contributed by atoms with Crippen LogP contribution >= 0.6 is 0 Å². The number of para-hydroxylation sites is 1. The number of nitrogens with one attached hydrogen (secondary N) is 1. The van der Waals surface area contributed by atoms with Crippen LogP contribution in [0, 0.1) is 0 Å². The Labute approximate surface area is 247 Å². The summed E-state index contributed by atoms with van der Waals surface area (Å²) in [4.78, 5) is 21.8. The van der Waals surface area contributed by atoms with Crippen LogP contribution in [0.15, 0.2) is 60.7 Å². The zero-order valence-corrected chi connectivity index (χ0v) is 24.7. The maximum atomic E-state index is 12.5. The minimum absolute atomic E-state index is 0.208. The summed E-state index contributed by atoms with van der Waals surface area (Å²) in [5, 5.41) is 8.21. The van der Waals surface area contributed by atoms with Gasteiger partial charge in [0.25, 0.3) is 0 Å². The fourth-order valence-corrected chi connectivity index (χ4v) is 6.16. The summed E-state index contributed by atoms with van der Waals surface area (Å²) in [7, 11) is 0. The molecule has 1 saturated carbocycles. The molecule has 1 aliphatic heterocycles. The van der Waals surface area contributed by atoms with Crippen molar-refractivity contribution in [3.05, 3.63) is 66.4 Å².